The smallest absolute Gasteiger partial charge is 0.224 e. The van der Waals surface area contributed by atoms with Crippen LogP contribution < -0.4 is 11.1 Å². The molecule has 1 saturated carbocycles. The molecule has 3 heterocycles. The van der Waals surface area contributed by atoms with Crippen LogP contribution in [-0.2, 0) is 0 Å². The molecule has 4 N–H and O–H groups in total. The van der Waals surface area contributed by atoms with Gasteiger partial charge in [0.1, 0.15) is 5.52 Å². The van der Waals surface area contributed by atoms with Crippen molar-refractivity contribution in [2.45, 2.75) is 25.3 Å². The van der Waals surface area contributed by atoms with E-state index in [1.165, 1.54) is 32.4 Å². The summed E-state index contributed by atoms with van der Waals surface area (Å²) >= 11 is 0. The second-order valence-electron chi connectivity index (χ2n) is 5.79. The number of likely N-dealkylation sites (tertiary alicyclic amines) is 1. The zero-order valence-electron chi connectivity index (χ0n) is 11.3. The van der Waals surface area contributed by atoms with Gasteiger partial charge in [0.05, 0.1) is 6.33 Å². The van der Waals surface area contributed by atoms with Crippen molar-refractivity contribution in [1.29, 1.82) is 0 Å². The Morgan fingerprint density at radius 3 is 3.10 bits per heavy atom. The molecule has 0 aromatic carbocycles. The third-order valence-electron chi connectivity index (χ3n) is 4.24. The van der Waals surface area contributed by atoms with Gasteiger partial charge in [-0.2, -0.15) is 9.97 Å². The van der Waals surface area contributed by atoms with Gasteiger partial charge in [0.25, 0.3) is 0 Å². The molecule has 7 nitrogen and oxygen atoms in total. The highest BCUT2D eigenvalue weighted by Crippen LogP contribution is 2.31. The fourth-order valence-electron chi connectivity index (χ4n) is 3.02. The van der Waals surface area contributed by atoms with Crippen LogP contribution in [0.25, 0.3) is 11.2 Å². The molecule has 1 aliphatic carbocycles. The summed E-state index contributed by atoms with van der Waals surface area (Å²) in [5, 5.41) is 3.41. The molecule has 1 aliphatic heterocycles. The number of imidazole rings is 1. The van der Waals surface area contributed by atoms with Gasteiger partial charge in [-0.05, 0) is 31.7 Å². The lowest BCUT2D eigenvalue weighted by Crippen LogP contribution is -2.25. The molecular formula is C13H19N7. The number of nitrogens with two attached hydrogens (primary N) is 1. The number of nitrogens with zero attached hydrogens (tertiary/aromatic N) is 4. The first-order chi connectivity index (χ1) is 9.79. The molecule has 106 valence electrons. The molecule has 0 amide bonds. The maximum absolute atomic E-state index is 5.71. The minimum absolute atomic E-state index is 0.262. The van der Waals surface area contributed by atoms with Crippen molar-refractivity contribution in [1.82, 2.24) is 24.8 Å². The van der Waals surface area contributed by atoms with E-state index in [-0.39, 0.29) is 5.95 Å². The monoisotopic (exact) mass is 273 g/mol. The minimum Gasteiger partial charge on any atom is -0.368 e. The largest absolute Gasteiger partial charge is 0.368 e. The predicted octanol–water partition coefficient (Wildman–Crippen LogP) is 0.831. The first kappa shape index (κ1) is 11.9. The first-order valence-electron chi connectivity index (χ1n) is 7.24. The summed E-state index contributed by atoms with van der Waals surface area (Å²) in [5.41, 5.74) is 7.16. The molecule has 1 unspecified atom stereocenters. The van der Waals surface area contributed by atoms with E-state index >= 15 is 0 Å². The molecule has 2 aromatic heterocycles. The quantitative estimate of drug-likeness (QED) is 0.763. The third-order valence-corrected chi connectivity index (χ3v) is 4.24. The Morgan fingerprint density at radius 1 is 1.35 bits per heavy atom. The fourth-order valence-corrected chi connectivity index (χ4v) is 3.02. The molecule has 0 spiro atoms. The Bertz CT molecular complexity index is 618. The topological polar surface area (TPSA) is 95.8 Å². The highest BCUT2D eigenvalue weighted by atomic mass is 15.2. The van der Waals surface area contributed by atoms with Gasteiger partial charge in [-0.3, -0.25) is 0 Å². The van der Waals surface area contributed by atoms with Crippen molar-refractivity contribution in [3.63, 3.8) is 0 Å². The van der Waals surface area contributed by atoms with E-state index in [1.54, 1.807) is 6.33 Å². The Kier molecular flexibility index (Phi) is 2.73. The fraction of sp³-hybridized carbons (Fsp3) is 0.615. The number of hydrogen-bond donors (Lipinski definition) is 3. The summed E-state index contributed by atoms with van der Waals surface area (Å²) in [6.07, 6.45) is 5.65. The molecule has 2 fully saturated rings. The van der Waals surface area contributed by atoms with Crippen LogP contribution in [0.1, 0.15) is 19.3 Å². The predicted molar refractivity (Wildman–Crippen MR) is 77.3 cm³/mol. The molecule has 1 saturated heterocycles. The molecule has 2 aromatic rings. The van der Waals surface area contributed by atoms with Crippen molar-refractivity contribution in [2.75, 3.05) is 30.7 Å². The number of nitrogens with one attached hydrogen (secondary N) is 2. The van der Waals surface area contributed by atoms with E-state index in [0.29, 0.717) is 11.6 Å². The number of aromatic nitrogens is 4. The van der Waals surface area contributed by atoms with Gasteiger partial charge in [0.15, 0.2) is 11.5 Å². The molecule has 20 heavy (non-hydrogen) atoms. The number of H-pyrrole nitrogens is 1. The number of nitrogen functional groups attached to an aromatic ring is 1. The number of hydrogen-bond acceptors (Lipinski definition) is 6. The van der Waals surface area contributed by atoms with E-state index in [2.05, 4.69) is 30.2 Å². The van der Waals surface area contributed by atoms with Crippen LogP contribution in [0, 0.1) is 5.92 Å². The van der Waals surface area contributed by atoms with Crippen LogP contribution in [0.4, 0.5) is 11.8 Å². The molecular weight excluding hydrogens is 254 g/mol. The standard InChI is InChI=1S/C13H19N7/c14-13-18-11(10-12(19-13)17-7-16-10)15-5-8-3-4-20(6-8)9-1-2-9/h7-9H,1-6H2,(H4,14,15,16,17,18,19). The van der Waals surface area contributed by atoms with Crippen molar-refractivity contribution in [3.05, 3.63) is 6.33 Å². The summed E-state index contributed by atoms with van der Waals surface area (Å²) in [5.74, 6) is 1.71. The van der Waals surface area contributed by atoms with Gasteiger partial charge in [0.2, 0.25) is 5.95 Å². The van der Waals surface area contributed by atoms with E-state index in [0.717, 1.165) is 23.9 Å². The van der Waals surface area contributed by atoms with Crippen LogP contribution in [0.5, 0.6) is 0 Å². The van der Waals surface area contributed by atoms with Crippen molar-refractivity contribution in [2.24, 2.45) is 5.92 Å². The second kappa shape index (κ2) is 4.59. The van der Waals surface area contributed by atoms with Gasteiger partial charge < -0.3 is 20.9 Å². The minimum atomic E-state index is 0.262. The zero-order valence-corrected chi connectivity index (χ0v) is 11.3. The number of anilines is 2. The SMILES string of the molecule is Nc1nc(NCC2CCN(C3CC3)C2)c2[nH]cnc2n1. The molecule has 1 atom stereocenters. The summed E-state index contributed by atoms with van der Waals surface area (Å²) in [7, 11) is 0. The number of aromatic amines is 1. The summed E-state index contributed by atoms with van der Waals surface area (Å²) in [6, 6.07) is 0.869. The lowest BCUT2D eigenvalue weighted by atomic mass is 10.1. The molecule has 0 bridgehead atoms. The summed E-state index contributed by atoms with van der Waals surface area (Å²) in [4.78, 5) is 18.2. The van der Waals surface area contributed by atoms with Gasteiger partial charge in [-0.1, -0.05) is 0 Å². The first-order valence-corrected chi connectivity index (χ1v) is 7.24. The van der Waals surface area contributed by atoms with Crippen LogP contribution in [-0.4, -0.2) is 50.5 Å². The van der Waals surface area contributed by atoms with E-state index < -0.39 is 0 Å². The third kappa shape index (κ3) is 2.18. The average Bonchev–Trinajstić information content (AvgIpc) is 2.99. The highest BCUT2D eigenvalue weighted by molar-refractivity contribution is 5.83. The summed E-state index contributed by atoms with van der Waals surface area (Å²) in [6.45, 7) is 3.36. The van der Waals surface area contributed by atoms with Gasteiger partial charge in [0, 0.05) is 19.1 Å². The van der Waals surface area contributed by atoms with Gasteiger partial charge in [-0.15, -0.1) is 0 Å². The summed E-state index contributed by atoms with van der Waals surface area (Å²) < 4.78 is 0. The Hall–Kier alpha value is -1.89. The number of fused-ring (bicyclic) bond motifs is 1. The van der Waals surface area contributed by atoms with Crippen molar-refractivity contribution in [3.8, 4) is 0 Å². The molecule has 7 heteroatoms. The Balaban J connectivity index is 1.44. The van der Waals surface area contributed by atoms with Crippen LogP contribution >= 0.6 is 0 Å². The number of rotatable bonds is 4. The van der Waals surface area contributed by atoms with E-state index in [1.807, 2.05) is 0 Å². The van der Waals surface area contributed by atoms with E-state index in [9.17, 15) is 0 Å². The van der Waals surface area contributed by atoms with Crippen molar-refractivity contribution >= 4 is 22.9 Å². The highest BCUT2D eigenvalue weighted by Gasteiger charge is 2.34. The average molecular weight is 273 g/mol. The Morgan fingerprint density at radius 2 is 2.25 bits per heavy atom. The lowest BCUT2D eigenvalue weighted by Gasteiger charge is -2.15. The van der Waals surface area contributed by atoms with E-state index in [4.69, 9.17) is 5.73 Å². The van der Waals surface area contributed by atoms with Gasteiger partial charge in [-0.25, -0.2) is 4.98 Å². The second-order valence-corrected chi connectivity index (χ2v) is 5.79. The molecule has 2 aliphatic rings. The van der Waals surface area contributed by atoms with Crippen molar-refractivity contribution < 1.29 is 0 Å². The van der Waals surface area contributed by atoms with Gasteiger partial charge >= 0.3 is 0 Å². The molecule has 4 rings (SSSR count). The van der Waals surface area contributed by atoms with Crippen LogP contribution in [0.2, 0.25) is 0 Å². The Labute approximate surface area is 117 Å². The lowest BCUT2D eigenvalue weighted by molar-refractivity contribution is 0.316. The molecule has 0 radical (unpaired) electrons. The maximum Gasteiger partial charge on any atom is 0.224 e. The maximum atomic E-state index is 5.71. The normalized spacial score (nSPS) is 23.5. The zero-order chi connectivity index (χ0) is 13.5. The van der Waals surface area contributed by atoms with Crippen LogP contribution in [0.15, 0.2) is 6.33 Å². The van der Waals surface area contributed by atoms with Crippen LogP contribution in [0.3, 0.4) is 0 Å².